The van der Waals surface area contributed by atoms with E-state index in [0.29, 0.717) is 35.1 Å². The van der Waals surface area contributed by atoms with Crippen LogP contribution in [0.15, 0.2) is 50.4 Å². The van der Waals surface area contributed by atoms with Gasteiger partial charge in [0.15, 0.2) is 0 Å². The molecule has 142 valence electrons. The first-order valence-corrected chi connectivity index (χ1v) is 8.83. The third-order valence-corrected chi connectivity index (χ3v) is 4.91. The Labute approximate surface area is 158 Å². The normalized spacial score (nSPS) is 15.8. The van der Waals surface area contributed by atoms with E-state index in [0.717, 1.165) is 6.42 Å². The Balaban J connectivity index is 1.69. The molecule has 1 aromatic carbocycles. The van der Waals surface area contributed by atoms with Crippen molar-refractivity contribution in [3.8, 4) is 0 Å². The SMILES string of the molecule is NC(=O)c1cc2c([nH]c1=O)CCCC2NC(=O)c1cc2ccccc2oc1=O. The lowest BCUT2D eigenvalue weighted by molar-refractivity contribution is 0.0928. The van der Waals surface area contributed by atoms with Crippen molar-refractivity contribution in [2.45, 2.75) is 25.3 Å². The predicted molar refractivity (Wildman–Crippen MR) is 101 cm³/mol. The fraction of sp³-hybridized carbons (Fsp3) is 0.200. The molecule has 0 spiro atoms. The number of nitrogens with two attached hydrogens (primary N) is 1. The highest BCUT2D eigenvalue weighted by atomic mass is 16.4. The molecule has 8 heteroatoms. The minimum Gasteiger partial charge on any atom is -0.422 e. The summed E-state index contributed by atoms with van der Waals surface area (Å²) in [6.45, 7) is 0. The van der Waals surface area contributed by atoms with E-state index in [1.54, 1.807) is 24.3 Å². The van der Waals surface area contributed by atoms with Crippen LogP contribution < -0.4 is 22.2 Å². The van der Waals surface area contributed by atoms with Gasteiger partial charge in [-0.1, -0.05) is 18.2 Å². The van der Waals surface area contributed by atoms with Crippen LogP contribution in [0.4, 0.5) is 0 Å². The van der Waals surface area contributed by atoms with Gasteiger partial charge in [-0.25, -0.2) is 4.79 Å². The van der Waals surface area contributed by atoms with Gasteiger partial charge >= 0.3 is 5.63 Å². The van der Waals surface area contributed by atoms with Gasteiger partial charge in [0.25, 0.3) is 17.4 Å². The van der Waals surface area contributed by atoms with Crippen molar-refractivity contribution in [1.29, 1.82) is 0 Å². The number of benzene rings is 1. The number of para-hydroxylation sites is 1. The Hall–Kier alpha value is -3.68. The minimum absolute atomic E-state index is 0.106. The van der Waals surface area contributed by atoms with Crippen molar-refractivity contribution in [1.82, 2.24) is 10.3 Å². The zero-order chi connectivity index (χ0) is 19.8. The van der Waals surface area contributed by atoms with E-state index in [2.05, 4.69) is 10.3 Å². The predicted octanol–water partition coefficient (Wildman–Crippen LogP) is 1.39. The van der Waals surface area contributed by atoms with Crippen LogP contribution in [-0.2, 0) is 6.42 Å². The molecule has 2 amide bonds. The molecule has 8 nitrogen and oxygen atoms in total. The zero-order valence-corrected chi connectivity index (χ0v) is 14.8. The van der Waals surface area contributed by atoms with E-state index in [-0.39, 0.29) is 11.1 Å². The minimum atomic E-state index is -0.838. The maximum atomic E-state index is 12.7. The fourth-order valence-electron chi connectivity index (χ4n) is 3.53. The number of H-pyrrole nitrogens is 1. The number of carbonyl (C=O) groups is 2. The summed E-state index contributed by atoms with van der Waals surface area (Å²) < 4.78 is 5.21. The van der Waals surface area contributed by atoms with Crippen molar-refractivity contribution < 1.29 is 14.0 Å². The van der Waals surface area contributed by atoms with Crippen molar-refractivity contribution in [3.05, 3.63) is 79.6 Å². The molecular formula is C20H17N3O5. The van der Waals surface area contributed by atoms with Gasteiger partial charge in [-0.15, -0.1) is 0 Å². The number of pyridine rings is 1. The molecule has 1 aliphatic carbocycles. The summed E-state index contributed by atoms with van der Waals surface area (Å²) in [5.74, 6) is -1.42. The molecule has 1 atom stereocenters. The molecule has 4 N–H and O–H groups in total. The summed E-state index contributed by atoms with van der Waals surface area (Å²) in [4.78, 5) is 51.1. The monoisotopic (exact) mass is 379 g/mol. The largest absolute Gasteiger partial charge is 0.422 e. The lowest BCUT2D eigenvalue weighted by Crippen LogP contribution is -2.35. The van der Waals surface area contributed by atoms with Crippen LogP contribution in [0.3, 0.4) is 0 Å². The Kier molecular flexibility index (Phi) is 4.31. The number of fused-ring (bicyclic) bond motifs is 2. The van der Waals surface area contributed by atoms with E-state index in [4.69, 9.17) is 10.2 Å². The molecule has 2 aromatic heterocycles. The molecule has 2 heterocycles. The van der Waals surface area contributed by atoms with E-state index in [1.807, 2.05) is 0 Å². The molecule has 0 bridgehead atoms. The zero-order valence-electron chi connectivity index (χ0n) is 14.8. The topological polar surface area (TPSA) is 135 Å². The van der Waals surface area contributed by atoms with Crippen molar-refractivity contribution in [2.24, 2.45) is 5.73 Å². The lowest BCUT2D eigenvalue weighted by atomic mass is 9.90. The molecule has 28 heavy (non-hydrogen) atoms. The van der Waals surface area contributed by atoms with Crippen LogP contribution in [0, 0.1) is 0 Å². The average Bonchev–Trinajstić information content (AvgIpc) is 2.66. The average molecular weight is 379 g/mol. The Morgan fingerprint density at radius 2 is 1.93 bits per heavy atom. The molecule has 3 aromatic rings. The van der Waals surface area contributed by atoms with Crippen molar-refractivity contribution in [2.75, 3.05) is 0 Å². The van der Waals surface area contributed by atoms with Crippen LogP contribution in [0.25, 0.3) is 11.0 Å². The summed E-state index contributed by atoms with van der Waals surface area (Å²) in [6, 6.07) is 9.36. The number of rotatable bonds is 3. The van der Waals surface area contributed by atoms with Crippen LogP contribution in [-0.4, -0.2) is 16.8 Å². The highest BCUT2D eigenvalue weighted by Gasteiger charge is 2.26. The lowest BCUT2D eigenvalue weighted by Gasteiger charge is -2.26. The summed E-state index contributed by atoms with van der Waals surface area (Å²) in [5, 5.41) is 3.45. The number of primary amides is 1. The standard InChI is InChI=1S/C20H17N3O5/c21-17(24)12-9-11-14(22-18(12)25)5-3-6-15(11)23-19(26)13-8-10-4-1-2-7-16(10)28-20(13)27/h1-2,4,7-9,15H,3,5-6H2,(H2,21,24)(H,22,25)(H,23,26). The molecule has 0 saturated heterocycles. The molecule has 0 aliphatic heterocycles. The second-order valence-corrected chi connectivity index (χ2v) is 6.71. The number of hydrogen-bond acceptors (Lipinski definition) is 5. The number of aromatic nitrogens is 1. The number of amides is 2. The quantitative estimate of drug-likeness (QED) is 0.591. The van der Waals surface area contributed by atoms with Crippen molar-refractivity contribution >= 4 is 22.8 Å². The molecule has 0 saturated carbocycles. The second kappa shape index (κ2) is 6.80. The smallest absolute Gasteiger partial charge is 0.349 e. The van der Waals surface area contributed by atoms with Gasteiger partial charge < -0.3 is 20.5 Å². The van der Waals surface area contributed by atoms with Crippen LogP contribution in [0.5, 0.6) is 0 Å². The maximum absolute atomic E-state index is 12.7. The van der Waals surface area contributed by atoms with Crippen LogP contribution >= 0.6 is 0 Å². The van der Waals surface area contributed by atoms with Gasteiger partial charge in [-0.2, -0.15) is 0 Å². The first-order chi connectivity index (χ1) is 13.4. The van der Waals surface area contributed by atoms with Crippen LogP contribution in [0.1, 0.15) is 50.9 Å². The molecule has 1 aliphatic rings. The molecule has 0 radical (unpaired) electrons. The van der Waals surface area contributed by atoms with Gasteiger partial charge in [-0.05, 0) is 43.0 Å². The third-order valence-electron chi connectivity index (χ3n) is 4.91. The second-order valence-electron chi connectivity index (χ2n) is 6.71. The van der Waals surface area contributed by atoms with Gasteiger partial charge in [0.2, 0.25) is 0 Å². The van der Waals surface area contributed by atoms with Gasteiger partial charge in [0.1, 0.15) is 16.7 Å². The van der Waals surface area contributed by atoms with E-state index in [9.17, 15) is 19.2 Å². The van der Waals surface area contributed by atoms with Gasteiger partial charge in [-0.3, -0.25) is 14.4 Å². The highest BCUT2D eigenvalue weighted by molar-refractivity contribution is 5.97. The maximum Gasteiger partial charge on any atom is 0.349 e. The number of aromatic amines is 1. The summed E-state index contributed by atoms with van der Waals surface area (Å²) in [5.41, 5.74) is 5.38. The third kappa shape index (κ3) is 3.09. The van der Waals surface area contributed by atoms with E-state index in [1.165, 1.54) is 12.1 Å². The van der Waals surface area contributed by atoms with Gasteiger partial charge in [0.05, 0.1) is 6.04 Å². The number of carbonyl (C=O) groups excluding carboxylic acids is 2. The van der Waals surface area contributed by atoms with Crippen LogP contribution in [0.2, 0.25) is 0 Å². The highest BCUT2D eigenvalue weighted by Crippen LogP contribution is 2.28. The summed E-state index contributed by atoms with van der Waals surface area (Å²) in [6.07, 6.45) is 1.95. The Morgan fingerprint density at radius 3 is 2.71 bits per heavy atom. The molecular weight excluding hydrogens is 362 g/mol. The van der Waals surface area contributed by atoms with Crippen molar-refractivity contribution in [3.63, 3.8) is 0 Å². The fourth-order valence-corrected chi connectivity index (χ4v) is 3.53. The van der Waals surface area contributed by atoms with E-state index >= 15 is 0 Å². The molecule has 1 unspecified atom stereocenters. The number of aryl methyl sites for hydroxylation is 1. The number of nitrogens with one attached hydrogen (secondary N) is 2. The number of hydrogen-bond donors (Lipinski definition) is 3. The first-order valence-electron chi connectivity index (χ1n) is 8.83. The Morgan fingerprint density at radius 1 is 1.14 bits per heavy atom. The summed E-state index contributed by atoms with van der Waals surface area (Å²) >= 11 is 0. The van der Waals surface area contributed by atoms with Gasteiger partial charge in [0, 0.05) is 11.1 Å². The summed E-state index contributed by atoms with van der Waals surface area (Å²) in [7, 11) is 0. The molecule has 0 fully saturated rings. The Bertz CT molecular complexity index is 1220. The van der Waals surface area contributed by atoms with E-state index < -0.39 is 29.0 Å². The molecule has 4 rings (SSSR count). The first kappa shape index (κ1) is 17.7.